The Balaban J connectivity index is 1.61. The summed E-state index contributed by atoms with van der Waals surface area (Å²) < 4.78 is 14.4. The van der Waals surface area contributed by atoms with Gasteiger partial charge < -0.3 is 15.1 Å². The SMILES string of the molecule is CCNc1ncc2c(n1)N1CCC[C@H]1CN(c1csc3c(=O)n(CCF)cnc13)C2=O. The summed E-state index contributed by atoms with van der Waals surface area (Å²) in [6, 6.07) is 0.122. The molecule has 3 aromatic rings. The number of anilines is 3. The fraction of sp³-hybridized carbons (Fsp3) is 0.450. The quantitative estimate of drug-likeness (QED) is 0.646. The van der Waals surface area contributed by atoms with Crippen molar-refractivity contribution in [3.8, 4) is 0 Å². The fourth-order valence-electron chi connectivity index (χ4n) is 4.31. The number of fused-ring (bicyclic) bond motifs is 4. The van der Waals surface area contributed by atoms with Crippen molar-refractivity contribution >= 4 is 44.9 Å². The topological polar surface area (TPSA) is 96.2 Å². The van der Waals surface area contributed by atoms with E-state index in [9.17, 15) is 14.0 Å². The summed E-state index contributed by atoms with van der Waals surface area (Å²) in [6.07, 6.45) is 4.89. The number of hydrogen-bond donors (Lipinski definition) is 1. The first kappa shape index (κ1) is 19.9. The zero-order valence-corrected chi connectivity index (χ0v) is 17.9. The number of aryl methyl sites for hydroxylation is 1. The van der Waals surface area contributed by atoms with Gasteiger partial charge in [0.15, 0.2) is 0 Å². The number of nitrogens with one attached hydrogen (secondary N) is 1. The van der Waals surface area contributed by atoms with E-state index in [1.807, 2.05) is 6.92 Å². The van der Waals surface area contributed by atoms with E-state index in [4.69, 9.17) is 0 Å². The molecule has 11 heteroatoms. The smallest absolute Gasteiger partial charge is 0.271 e. The van der Waals surface area contributed by atoms with Gasteiger partial charge in [-0.3, -0.25) is 14.2 Å². The van der Waals surface area contributed by atoms with Crippen LogP contribution in [0, 0.1) is 0 Å². The van der Waals surface area contributed by atoms with Gasteiger partial charge in [0.2, 0.25) is 5.95 Å². The number of thiophene rings is 1. The van der Waals surface area contributed by atoms with Gasteiger partial charge in [0.05, 0.1) is 18.6 Å². The van der Waals surface area contributed by atoms with Crippen LogP contribution in [0.2, 0.25) is 0 Å². The van der Waals surface area contributed by atoms with Gasteiger partial charge in [-0.2, -0.15) is 4.98 Å². The number of hydrogen-bond acceptors (Lipinski definition) is 8. The van der Waals surface area contributed by atoms with E-state index >= 15 is 0 Å². The fourth-order valence-corrected chi connectivity index (χ4v) is 5.26. The molecule has 162 valence electrons. The van der Waals surface area contributed by atoms with Crippen molar-refractivity contribution in [2.45, 2.75) is 32.4 Å². The molecule has 0 radical (unpaired) electrons. The highest BCUT2D eigenvalue weighted by molar-refractivity contribution is 7.17. The van der Waals surface area contributed by atoms with Gasteiger partial charge in [0.1, 0.15) is 28.3 Å². The summed E-state index contributed by atoms with van der Waals surface area (Å²) in [4.78, 5) is 43.5. The number of aromatic nitrogens is 4. The van der Waals surface area contributed by atoms with Crippen LogP contribution in [0.3, 0.4) is 0 Å². The van der Waals surface area contributed by atoms with Gasteiger partial charge in [-0.15, -0.1) is 11.3 Å². The summed E-state index contributed by atoms with van der Waals surface area (Å²) in [5.74, 6) is 0.949. The number of nitrogens with zero attached hydrogens (tertiary/aromatic N) is 6. The summed E-state index contributed by atoms with van der Waals surface area (Å²) >= 11 is 1.23. The molecule has 9 nitrogen and oxygen atoms in total. The van der Waals surface area contributed by atoms with Gasteiger partial charge in [-0.1, -0.05) is 0 Å². The van der Waals surface area contributed by atoms with E-state index in [2.05, 4.69) is 25.2 Å². The molecule has 2 aliphatic heterocycles. The molecule has 0 bridgehead atoms. The highest BCUT2D eigenvalue weighted by Crippen LogP contribution is 2.37. The van der Waals surface area contributed by atoms with Crippen LogP contribution in [0.15, 0.2) is 22.7 Å². The van der Waals surface area contributed by atoms with Crippen LogP contribution >= 0.6 is 11.3 Å². The lowest BCUT2D eigenvalue weighted by atomic mass is 10.2. The molecule has 1 fully saturated rings. The molecule has 1 N–H and O–H groups in total. The van der Waals surface area contributed by atoms with E-state index in [1.54, 1.807) is 16.5 Å². The normalized spacial score (nSPS) is 18.3. The van der Waals surface area contributed by atoms with Gasteiger partial charge in [0.25, 0.3) is 11.5 Å². The number of amides is 1. The lowest BCUT2D eigenvalue weighted by Gasteiger charge is -2.26. The molecule has 31 heavy (non-hydrogen) atoms. The maximum Gasteiger partial charge on any atom is 0.271 e. The zero-order valence-electron chi connectivity index (χ0n) is 17.0. The summed E-state index contributed by atoms with van der Waals surface area (Å²) in [7, 11) is 0. The summed E-state index contributed by atoms with van der Waals surface area (Å²) in [5, 5.41) is 4.90. The van der Waals surface area contributed by atoms with E-state index in [-0.39, 0.29) is 24.1 Å². The molecular weight excluding hydrogens is 421 g/mol. The molecular formula is C20H22FN7O2S. The number of carbonyl (C=O) groups excluding carboxylic acids is 1. The lowest BCUT2D eigenvalue weighted by Crippen LogP contribution is -2.39. The van der Waals surface area contributed by atoms with Crippen LogP contribution < -0.4 is 20.7 Å². The van der Waals surface area contributed by atoms with Gasteiger partial charge in [0, 0.05) is 37.3 Å². The maximum atomic E-state index is 13.6. The van der Waals surface area contributed by atoms with E-state index in [1.165, 1.54) is 22.2 Å². The predicted octanol–water partition coefficient (Wildman–Crippen LogP) is 2.28. The molecule has 5 heterocycles. The summed E-state index contributed by atoms with van der Waals surface area (Å²) in [6.45, 7) is 3.29. The number of carbonyl (C=O) groups is 1. The van der Waals surface area contributed by atoms with Crippen molar-refractivity contribution < 1.29 is 9.18 Å². The van der Waals surface area contributed by atoms with Crippen molar-refractivity contribution in [3.63, 3.8) is 0 Å². The third-order valence-corrected chi connectivity index (χ3v) is 6.71. The Kier molecular flexibility index (Phi) is 5.05. The molecule has 3 aromatic heterocycles. The highest BCUT2D eigenvalue weighted by Gasteiger charge is 2.38. The first-order valence-corrected chi connectivity index (χ1v) is 11.2. The Labute approximate surface area is 181 Å². The van der Waals surface area contributed by atoms with Gasteiger partial charge >= 0.3 is 0 Å². The Morgan fingerprint density at radius 1 is 1.32 bits per heavy atom. The van der Waals surface area contributed by atoms with E-state index in [0.717, 1.165) is 19.4 Å². The molecule has 0 aliphatic carbocycles. The zero-order chi connectivity index (χ0) is 21.5. The largest absolute Gasteiger partial charge is 0.354 e. The van der Waals surface area contributed by atoms with Crippen LogP contribution in [-0.2, 0) is 6.54 Å². The van der Waals surface area contributed by atoms with Crippen molar-refractivity contribution in [1.29, 1.82) is 0 Å². The third kappa shape index (κ3) is 3.23. The summed E-state index contributed by atoms with van der Waals surface area (Å²) in [5.41, 5.74) is 1.22. The standard InChI is InChI=1S/C20H22FN7O2S/c1-2-22-20-23-8-13-17(25-20)27-6-3-4-12(27)9-28(18(13)29)14-10-31-16-15(14)24-11-26(7-5-21)19(16)30/h8,10-12H,2-7,9H2,1H3,(H,22,23,25)/t12-/m0/s1. The highest BCUT2D eigenvalue weighted by atomic mass is 32.1. The number of halogens is 1. The molecule has 1 amide bonds. The van der Waals surface area contributed by atoms with Gasteiger partial charge in [-0.05, 0) is 19.8 Å². The lowest BCUT2D eigenvalue weighted by molar-refractivity contribution is 0.0988. The second-order valence-corrected chi connectivity index (χ2v) is 8.48. The molecule has 2 aliphatic rings. The minimum atomic E-state index is -0.640. The average molecular weight is 444 g/mol. The van der Waals surface area contributed by atoms with Crippen LogP contribution in [0.25, 0.3) is 10.2 Å². The van der Waals surface area contributed by atoms with E-state index in [0.29, 0.717) is 46.3 Å². The monoisotopic (exact) mass is 443 g/mol. The molecule has 0 unspecified atom stereocenters. The maximum absolute atomic E-state index is 13.6. The minimum absolute atomic E-state index is 0.0342. The number of alkyl halides is 1. The van der Waals surface area contributed by atoms with Crippen molar-refractivity contribution in [2.24, 2.45) is 0 Å². The van der Waals surface area contributed by atoms with Crippen LogP contribution in [0.1, 0.15) is 30.1 Å². The predicted molar refractivity (Wildman–Crippen MR) is 118 cm³/mol. The molecule has 0 aromatic carbocycles. The van der Waals surface area contributed by atoms with Crippen molar-refractivity contribution in [1.82, 2.24) is 19.5 Å². The van der Waals surface area contributed by atoms with E-state index < -0.39 is 6.67 Å². The third-order valence-electron chi connectivity index (χ3n) is 5.77. The second-order valence-electron chi connectivity index (χ2n) is 7.60. The minimum Gasteiger partial charge on any atom is -0.354 e. The van der Waals surface area contributed by atoms with Gasteiger partial charge in [-0.25, -0.2) is 14.4 Å². The second kappa shape index (κ2) is 7.88. The molecule has 0 spiro atoms. The Hall–Kier alpha value is -3.08. The number of rotatable bonds is 5. The van der Waals surface area contributed by atoms with Crippen LogP contribution in [-0.4, -0.2) is 57.8 Å². The van der Waals surface area contributed by atoms with Crippen molar-refractivity contribution in [3.05, 3.63) is 33.8 Å². The molecule has 0 saturated carbocycles. The Morgan fingerprint density at radius 2 is 2.19 bits per heavy atom. The Bertz CT molecular complexity index is 1210. The van der Waals surface area contributed by atoms with Crippen LogP contribution in [0.4, 0.5) is 21.8 Å². The molecule has 5 rings (SSSR count). The first-order valence-electron chi connectivity index (χ1n) is 10.3. The molecule has 1 atom stereocenters. The first-order chi connectivity index (χ1) is 15.1. The molecule has 1 saturated heterocycles. The van der Waals surface area contributed by atoms with Crippen molar-refractivity contribution in [2.75, 3.05) is 41.4 Å². The average Bonchev–Trinajstić information content (AvgIpc) is 3.39. The van der Waals surface area contributed by atoms with Crippen LogP contribution in [0.5, 0.6) is 0 Å². The Morgan fingerprint density at radius 3 is 3.00 bits per heavy atom.